The fraction of sp³-hybridized carbons (Fsp3) is 0.167. The lowest BCUT2D eigenvalue weighted by Crippen LogP contribution is -2.33. The van der Waals surface area contributed by atoms with Crippen molar-refractivity contribution in [2.75, 3.05) is 0 Å². The van der Waals surface area contributed by atoms with E-state index in [-0.39, 0.29) is 5.41 Å². The average molecular weight is 521 g/mol. The predicted molar refractivity (Wildman–Crippen MR) is 162 cm³/mol. The maximum Gasteiger partial charge on any atom is 0.0972 e. The largest absolute Gasteiger partial charge is 0.245 e. The molecule has 39 heavy (non-hydrogen) atoms. The second kappa shape index (κ2) is 9.07. The molecule has 3 heteroatoms. The van der Waals surface area contributed by atoms with Gasteiger partial charge in [0.2, 0.25) is 0 Å². The zero-order valence-corrected chi connectivity index (χ0v) is 22.5. The van der Waals surface area contributed by atoms with Gasteiger partial charge in [-0.05, 0) is 54.3 Å². The number of benzene rings is 4. The van der Waals surface area contributed by atoms with Crippen LogP contribution in [0.1, 0.15) is 43.2 Å². The van der Waals surface area contributed by atoms with Crippen LogP contribution in [0.2, 0.25) is 0 Å². The van der Waals surface area contributed by atoms with Crippen LogP contribution in [-0.4, -0.2) is 9.97 Å². The van der Waals surface area contributed by atoms with Gasteiger partial charge in [0, 0.05) is 37.1 Å². The van der Waals surface area contributed by atoms with E-state index in [0.29, 0.717) is 0 Å². The smallest absolute Gasteiger partial charge is 0.0972 e. The summed E-state index contributed by atoms with van der Waals surface area (Å²) in [5.74, 6) is 0. The average Bonchev–Trinajstić information content (AvgIpc) is 3.01. The molecule has 0 saturated heterocycles. The summed E-state index contributed by atoms with van der Waals surface area (Å²) >= 11 is 1.93. The summed E-state index contributed by atoms with van der Waals surface area (Å²) in [5, 5.41) is 2.24. The Morgan fingerprint density at radius 1 is 0.513 bits per heavy atom. The van der Waals surface area contributed by atoms with Gasteiger partial charge < -0.3 is 0 Å². The molecule has 0 amide bonds. The van der Waals surface area contributed by atoms with Gasteiger partial charge in [-0.1, -0.05) is 110 Å². The molecule has 1 spiro atoms. The van der Waals surface area contributed by atoms with E-state index in [9.17, 15) is 0 Å². The second-order valence-electron chi connectivity index (χ2n) is 10.9. The van der Waals surface area contributed by atoms with Crippen LogP contribution < -0.4 is 0 Å². The van der Waals surface area contributed by atoms with Crippen molar-refractivity contribution in [3.8, 4) is 22.5 Å². The number of aromatic nitrogens is 2. The third-order valence-electron chi connectivity index (χ3n) is 8.71. The first-order valence-corrected chi connectivity index (χ1v) is 14.8. The molecule has 6 aromatic rings. The van der Waals surface area contributed by atoms with Gasteiger partial charge in [-0.3, -0.25) is 0 Å². The number of hydrogen-bond donors (Lipinski definition) is 0. The molecule has 1 aliphatic heterocycles. The molecule has 0 atom stereocenters. The highest BCUT2D eigenvalue weighted by Crippen LogP contribution is 2.55. The summed E-state index contributed by atoms with van der Waals surface area (Å²) in [5.41, 5.74) is 9.36. The van der Waals surface area contributed by atoms with Crippen molar-refractivity contribution >= 4 is 33.6 Å². The molecule has 4 aromatic carbocycles. The van der Waals surface area contributed by atoms with E-state index in [1.807, 2.05) is 17.8 Å². The SMILES string of the molecule is c1ccc(-c2ccc3ccc4ccc(-c5ccc6c(c5)C5(CCCCC5)c5ccccc5S6)nc4c3n2)cc1. The first kappa shape index (κ1) is 23.0. The lowest BCUT2D eigenvalue weighted by atomic mass is 9.65. The molecule has 0 N–H and O–H groups in total. The summed E-state index contributed by atoms with van der Waals surface area (Å²) in [4.78, 5) is 13.2. The lowest BCUT2D eigenvalue weighted by molar-refractivity contribution is 0.335. The topological polar surface area (TPSA) is 25.8 Å². The first-order chi connectivity index (χ1) is 19.3. The zero-order valence-electron chi connectivity index (χ0n) is 21.7. The number of pyridine rings is 2. The van der Waals surface area contributed by atoms with Crippen molar-refractivity contribution in [1.82, 2.24) is 9.97 Å². The van der Waals surface area contributed by atoms with Crippen LogP contribution in [-0.2, 0) is 5.41 Å². The monoisotopic (exact) mass is 520 g/mol. The normalized spacial score (nSPS) is 15.8. The van der Waals surface area contributed by atoms with Gasteiger partial charge in [-0.25, -0.2) is 9.97 Å². The van der Waals surface area contributed by atoms with E-state index in [4.69, 9.17) is 9.97 Å². The Morgan fingerprint density at radius 3 is 1.87 bits per heavy atom. The highest BCUT2D eigenvalue weighted by molar-refractivity contribution is 7.99. The van der Waals surface area contributed by atoms with E-state index in [1.165, 1.54) is 58.6 Å². The van der Waals surface area contributed by atoms with Crippen LogP contribution in [0.4, 0.5) is 0 Å². The van der Waals surface area contributed by atoms with E-state index in [0.717, 1.165) is 38.8 Å². The van der Waals surface area contributed by atoms with E-state index >= 15 is 0 Å². The number of nitrogens with zero attached hydrogens (tertiary/aromatic N) is 2. The van der Waals surface area contributed by atoms with Crippen molar-refractivity contribution in [2.24, 2.45) is 0 Å². The van der Waals surface area contributed by atoms with Crippen LogP contribution in [0.25, 0.3) is 44.3 Å². The van der Waals surface area contributed by atoms with Gasteiger partial charge in [-0.2, -0.15) is 0 Å². The van der Waals surface area contributed by atoms with Crippen LogP contribution in [0.5, 0.6) is 0 Å². The van der Waals surface area contributed by atoms with Crippen molar-refractivity contribution in [3.63, 3.8) is 0 Å². The van der Waals surface area contributed by atoms with Crippen molar-refractivity contribution < 1.29 is 0 Å². The standard InChI is InChI=1S/C36H28N2S/c1-3-9-24(10-4-1)30-18-15-25-13-14-26-16-19-31(38-35(26)34(25)37-30)27-17-20-33-29(23-27)36(21-7-2-8-22-36)28-11-5-6-12-32(28)39-33/h1,3-6,9-20,23H,2,7-8,21-22H2. The third-order valence-corrected chi connectivity index (χ3v) is 9.86. The molecule has 3 heterocycles. The molecule has 2 nitrogen and oxygen atoms in total. The van der Waals surface area contributed by atoms with Crippen molar-refractivity contribution in [2.45, 2.75) is 47.3 Å². The molecular weight excluding hydrogens is 492 g/mol. The third kappa shape index (κ3) is 3.71. The first-order valence-electron chi connectivity index (χ1n) is 14.0. The molecule has 1 aliphatic carbocycles. The van der Waals surface area contributed by atoms with Crippen LogP contribution in [0.15, 0.2) is 119 Å². The highest BCUT2D eigenvalue weighted by atomic mass is 32.2. The summed E-state index contributed by atoms with van der Waals surface area (Å²) in [6, 6.07) is 39.5. The minimum Gasteiger partial charge on any atom is -0.245 e. The minimum absolute atomic E-state index is 0.112. The number of hydrogen-bond acceptors (Lipinski definition) is 3. The van der Waals surface area contributed by atoms with Crippen molar-refractivity contribution in [1.29, 1.82) is 0 Å². The summed E-state index contributed by atoms with van der Waals surface area (Å²) < 4.78 is 0. The Hall–Kier alpha value is -3.95. The van der Waals surface area contributed by atoms with Gasteiger partial charge in [0.15, 0.2) is 0 Å². The van der Waals surface area contributed by atoms with Gasteiger partial charge in [0.05, 0.1) is 22.4 Å². The Kier molecular flexibility index (Phi) is 5.34. The molecule has 188 valence electrons. The van der Waals surface area contributed by atoms with Crippen LogP contribution >= 0.6 is 11.8 Å². The number of fused-ring (bicyclic) bond motifs is 7. The molecule has 1 fully saturated rings. The van der Waals surface area contributed by atoms with Gasteiger partial charge in [-0.15, -0.1) is 0 Å². The second-order valence-corrected chi connectivity index (χ2v) is 12.0. The van der Waals surface area contributed by atoms with Gasteiger partial charge in [0.1, 0.15) is 0 Å². The quantitative estimate of drug-likeness (QED) is 0.213. The maximum atomic E-state index is 5.27. The van der Waals surface area contributed by atoms with Crippen LogP contribution in [0.3, 0.4) is 0 Å². The molecule has 0 unspecified atom stereocenters. The summed E-state index contributed by atoms with van der Waals surface area (Å²) in [6.07, 6.45) is 6.37. The van der Waals surface area contributed by atoms with Gasteiger partial charge in [0.25, 0.3) is 0 Å². The fourth-order valence-corrected chi connectivity index (χ4v) is 8.02. The summed E-state index contributed by atoms with van der Waals surface area (Å²) in [6.45, 7) is 0. The summed E-state index contributed by atoms with van der Waals surface area (Å²) in [7, 11) is 0. The molecular formula is C36H28N2S. The molecule has 1 saturated carbocycles. The molecule has 0 radical (unpaired) electrons. The Balaban J connectivity index is 1.29. The fourth-order valence-electron chi connectivity index (χ4n) is 6.76. The minimum atomic E-state index is 0.112. The predicted octanol–water partition coefficient (Wildman–Crippen LogP) is 9.83. The highest BCUT2D eigenvalue weighted by Gasteiger charge is 2.41. The molecule has 2 aromatic heterocycles. The Labute approximate surface area is 233 Å². The van der Waals surface area contributed by atoms with E-state index in [2.05, 4.69) is 103 Å². The van der Waals surface area contributed by atoms with Gasteiger partial charge >= 0.3 is 0 Å². The Morgan fingerprint density at radius 2 is 1.13 bits per heavy atom. The Bertz CT molecular complexity index is 1870. The number of rotatable bonds is 2. The lowest BCUT2D eigenvalue weighted by Gasteiger charge is -2.43. The van der Waals surface area contributed by atoms with Crippen LogP contribution in [0, 0.1) is 0 Å². The molecule has 2 aliphatic rings. The van der Waals surface area contributed by atoms with E-state index < -0.39 is 0 Å². The van der Waals surface area contributed by atoms with E-state index in [1.54, 1.807) is 0 Å². The van der Waals surface area contributed by atoms with Crippen molar-refractivity contribution in [3.05, 3.63) is 120 Å². The molecule has 8 rings (SSSR count). The molecule has 0 bridgehead atoms. The maximum absolute atomic E-state index is 5.27. The zero-order chi connectivity index (χ0) is 25.8.